The predicted molar refractivity (Wildman–Crippen MR) is 81.9 cm³/mol. The molecule has 0 fully saturated rings. The van der Waals surface area contributed by atoms with Crippen LogP contribution in [-0.4, -0.2) is 36.7 Å². The Labute approximate surface area is 132 Å². The van der Waals surface area contributed by atoms with Crippen molar-refractivity contribution in [3.05, 3.63) is 27.7 Å². The molecular formula is C13H18BrNO5S. The molecule has 0 aliphatic carbocycles. The summed E-state index contributed by atoms with van der Waals surface area (Å²) in [6, 6.07) is 2.45. The van der Waals surface area contributed by atoms with Crippen molar-refractivity contribution in [1.29, 1.82) is 0 Å². The number of carboxylic acids is 1. The lowest BCUT2D eigenvalue weighted by Gasteiger charge is -2.22. The molecule has 0 aliphatic heterocycles. The van der Waals surface area contributed by atoms with Crippen molar-refractivity contribution in [3.8, 4) is 0 Å². The molecule has 21 heavy (non-hydrogen) atoms. The number of carboxylic acid groups (broad SMARTS) is 1. The standard InChI is InChI=1S/C13H18BrNO5S/c1-4-13(3,18)7-15-21(19,20)11-6-9(12(16)17)5-10(14)8(11)2/h5-6,15,18H,4,7H2,1-3H3,(H,16,17). The quantitative estimate of drug-likeness (QED) is 0.699. The van der Waals surface area contributed by atoms with E-state index in [9.17, 15) is 18.3 Å². The van der Waals surface area contributed by atoms with Gasteiger partial charge in [-0.05, 0) is 38.0 Å². The number of aliphatic hydroxyl groups is 1. The maximum absolute atomic E-state index is 12.3. The largest absolute Gasteiger partial charge is 0.478 e. The van der Waals surface area contributed by atoms with Gasteiger partial charge in [0.2, 0.25) is 10.0 Å². The van der Waals surface area contributed by atoms with E-state index in [-0.39, 0.29) is 17.0 Å². The molecule has 6 nitrogen and oxygen atoms in total. The fourth-order valence-electron chi connectivity index (χ4n) is 1.51. The Hall–Kier alpha value is -0.960. The van der Waals surface area contributed by atoms with Crippen LogP contribution < -0.4 is 4.72 Å². The van der Waals surface area contributed by atoms with Gasteiger partial charge in [-0.15, -0.1) is 0 Å². The highest BCUT2D eigenvalue weighted by Crippen LogP contribution is 2.26. The molecule has 8 heteroatoms. The smallest absolute Gasteiger partial charge is 0.335 e. The molecule has 1 atom stereocenters. The minimum atomic E-state index is -3.92. The highest BCUT2D eigenvalue weighted by Gasteiger charge is 2.25. The Bertz CT molecular complexity index is 655. The van der Waals surface area contributed by atoms with E-state index in [1.165, 1.54) is 13.0 Å². The van der Waals surface area contributed by atoms with Gasteiger partial charge < -0.3 is 10.2 Å². The van der Waals surface area contributed by atoms with Crippen molar-refractivity contribution in [2.24, 2.45) is 0 Å². The lowest BCUT2D eigenvalue weighted by atomic mass is 10.1. The number of benzene rings is 1. The van der Waals surface area contributed by atoms with Crippen LogP contribution in [0.15, 0.2) is 21.5 Å². The molecule has 1 unspecified atom stereocenters. The lowest BCUT2D eigenvalue weighted by molar-refractivity contribution is 0.0613. The van der Waals surface area contributed by atoms with E-state index in [0.29, 0.717) is 16.5 Å². The third kappa shape index (κ3) is 4.50. The van der Waals surface area contributed by atoms with E-state index in [4.69, 9.17) is 5.11 Å². The van der Waals surface area contributed by atoms with Crippen molar-refractivity contribution in [1.82, 2.24) is 4.72 Å². The first kappa shape index (κ1) is 18.1. The van der Waals surface area contributed by atoms with Gasteiger partial charge >= 0.3 is 5.97 Å². The van der Waals surface area contributed by atoms with Crippen LogP contribution in [0.4, 0.5) is 0 Å². The molecule has 118 valence electrons. The van der Waals surface area contributed by atoms with Gasteiger partial charge in [0.25, 0.3) is 0 Å². The van der Waals surface area contributed by atoms with Crippen LogP contribution in [0.5, 0.6) is 0 Å². The van der Waals surface area contributed by atoms with Crippen LogP contribution in [0.3, 0.4) is 0 Å². The fraction of sp³-hybridized carbons (Fsp3) is 0.462. The normalized spacial score (nSPS) is 14.7. The molecule has 0 aliphatic rings. The number of nitrogens with one attached hydrogen (secondary N) is 1. The Morgan fingerprint density at radius 3 is 2.48 bits per heavy atom. The lowest BCUT2D eigenvalue weighted by Crippen LogP contribution is -2.40. The summed E-state index contributed by atoms with van der Waals surface area (Å²) in [5, 5.41) is 18.9. The summed E-state index contributed by atoms with van der Waals surface area (Å²) in [4.78, 5) is 10.9. The van der Waals surface area contributed by atoms with Crippen molar-refractivity contribution < 1.29 is 23.4 Å². The summed E-state index contributed by atoms with van der Waals surface area (Å²) in [6.45, 7) is 4.68. The second-order valence-electron chi connectivity index (χ2n) is 5.06. The van der Waals surface area contributed by atoms with Crippen LogP contribution >= 0.6 is 15.9 Å². The second kappa shape index (κ2) is 6.43. The van der Waals surface area contributed by atoms with Crippen molar-refractivity contribution >= 4 is 31.9 Å². The maximum Gasteiger partial charge on any atom is 0.335 e. The predicted octanol–water partition coefficient (Wildman–Crippen LogP) is 1.90. The summed E-state index contributed by atoms with van der Waals surface area (Å²) in [5.41, 5.74) is -0.887. The average Bonchev–Trinajstić information content (AvgIpc) is 2.39. The van der Waals surface area contributed by atoms with Gasteiger partial charge in [-0.25, -0.2) is 17.9 Å². The van der Waals surface area contributed by atoms with Gasteiger partial charge in [-0.1, -0.05) is 22.9 Å². The zero-order valence-corrected chi connectivity index (χ0v) is 14.4. The number of aromatic carboxylic acids is 1. The fourth-order valence-corrected chi connectivity index (χ4v) is 3.55. The first-order valence-electron chi connectivity index (χ1n) is 6.25. The Morgan fingerprint density at radius 1 is 1.43 bits per heavy atom. The number of sulfonamides is 1. The van der Waals surface area contributed by atoms with Gasteiger partial charge in [-0.3, -0.25) is 0 Å². The van der Waals surface area contributed by atoms with E-state index >= 15 is 0 Å². The topological polar surface area (TPSA) is 104 Å². The van der Waals surface area contributed by atoms with Crippen LogP contribution in [0.1, 0.15) is 36.2 Å². The molecule has 0 amide bonds. The molecule has 0 bridgehead atoms. The number of carbonyl (C=O) groups is 1. The van der Waals surface area contributed by atoms with Crippen LogP contribution in [0, 0.1) is 6.92 Å². The molecule has 0 aromatic heterocycles. The zero-order valence-electron chi connectivity index (χ0n) is 12.0. The summed E-state index contributed by atoms with van der Waals surface area (Å²) in [7, 11) is -3.92. The van der Waals surface area contributed by atoms with Gasteiger partial charge in [0.15, 0.2) is 0 Å². The van der Waals surface area contributed by atoms with E-state index < -0.39 is 21.6 Å². The average molecular weight is 380 g/mol. The molecule has 1 aromatic carbocycles. The SMILES string of the molecule is CCC(C)(O)CNS(=O)(=O)c1cc(C(=O)O)cc(Br)c1C. The monoisotopic (exact) mass is 379 g/mol. The van der Waals surface area contributed by atoms with E-state index in [1.54, 1.807) is 13.8 Å². The number of rotatable bonds is 6. The van der Waals surface area contributed by atoms with Gasteiger partial charge in [0.1, 0.15) is 0 Å². The minimum Gasteiger partial charge on any atom is -0.478 e. The third-order valence-electron chi connectivity index (χ3n) is 3.24. The molecule has 0 spiro atoms. The molecule has 0 saturated heterocycles. The Kier molecular flexibility index (Phi) is 5.54. The van der Waals surface area contributed by atoms with Crippen LogP contribution in [0.2, 0.25) is 0 Å². The van der Waals surface area contributed by atoms with Crippen molar-refractivity contribution in [2.75, 3.05) is 6.54 Å². The molecule has 0 heterocycles. The van der Waals surface area contributed by atoms with E-state index in [1.807, 2.05) is 0 Å². The molecular weight excluding hydrogens is 362 g/mol. The van der Waals surface area contributed by atoms with Crippen molar-refractivity contribution in [3.63, 3.8) is 0 Å². The summed E-state index contributed by atoms with van der Waals surface area (Å²) in [5.74, 6) is -1.22. The van der Waals surface area contributed by atoms with Crippen LogP contribution in [0.25, 0.3) is 0 Å². The zero-order chi connectivity index (χ0) is 16.4. The van der Waals surface area contributed by atoms with Gasteiger partial charge in [0.05, 0.1) is 16.1 Å². The van der Waals surface area contributed by atoms with Gasteiger partial charge in [0, 0.05) is 11.0 Å². The van der Waals surface area contributed by atoms with Gasteiger partial charge in [-0.2, -0.15) is 0 Å². The van der Waals surface area contributed by atoms with Crippen molar-refractivity contribution in [2.45, 2.75) is 37.7 Å². The molecule has 1 rings (SSSR count). The summed E-state index contributed by atoms with van der Waals surface area (Å²) >= 11 is 3.16. The molecule has 0 saturated carbocycles. The summed E-state index contributed by atoms with van der Waals surface area (Å²) < 4.78 is 27.3. The highest BCUT2D eigenvalue weighted by atomic mass is 79.9. The Balaban J connectivity index is 3.22. The Morgan fingerprint density at radius 2 is 2.00 bits per heavy atom. The van der Waals surface area contributed by atoms with E-state index in [0.717, 1.165) is 6.07 Å². The number of halogens is 1. The first-order valence-corrected chi connectivity index (χ1v) is 8.53. The van der Waals surface area contributed by atoms with Crippen LogP contribution in [-0.2, 0) is 10.0 Å². The molecule has 1 aromatic rings. The highest BCUT2D eigenvalue weighted by molar-refractivity contribution is 9.10. The number of hydrogen-bond donors (Lipinski definition) is 3. The maximum atomic E-state index is 12.3. The number of hydrogen-bond acceptors (Lipinski definition) is 4. The van der Waals surface area contributed by atoms with E-state index in [2.05, 4.69) is 20.7 Å². The molecule has 3 N–H and O–H groups in total. The minimum absolute atomic E-state index is 0.124. The second-order valence-corrected chi connectivity index (χ2v) is 7.65. The molecule has 0 radical (unpaired) electrons. The first-order chi connectivity index (χ1) is 9.50. The summed E-state index contributed by atoms with van der Waals surface area (Å²) in [6.07, 6.45) is 0.382. The third-order valence-corrected chi connectivity index (χ3v) is 5.59.